The fourth-order valence-corrected chi connectivity index (χ4v) is 6.13. The predicted molar refractivity (Wildman–Crippen MR) is 126 cm³/mol. The maximum Gasteiger partial charge on any atom is 0.297 e. The van der Waals surface area contributed by atoms with Crippen LogP contribution >= 0.6 is 0 Å². The molecule has 2 fully saturated rings. The van der Waals surface area contributed by atoms with Gasteiger partial charge in [0, 0.05) is 25.3 Å². The minimum Gasteiger partial charge on any atom is -0.423 e. The second-order valence-electron chi connectivity index (χ2n) is 9.89. The molecule has 1 aromatic heterocycles. The molecular weight excluding hydrogens is 382 g/mol. The molecule has 3 heterocycles. The summed E-state index contributed by atoms with van der Waals surface area (Å²) in [5.41, 5.74) is 9.36. The summed E-state index contributed by atoms with van der Waals surface area (Å²) in [5, 5.41) is 1.32. The fraction of sp³-hybridized carbons (Fsp3) is 0.593. The number of aryl methyl sites for hydroxylation is 2. The van der Waals surface area contributed by atoms with E-state index in [9.17, 15) is 0 Å². The van der Waals surface area contributed by atoms with E-state index in [1.807, 2.05) is 0 Å². The van der Waals surface area contributed by atoms with Crippen LogP contribution in [0.5, 0.6) is 0 Å². The second-order valence-corrected chi connectivity index (χ2v) is 9.89. The normalized spacial score (nSPS) is 22.2. The van der Waals surface area contributed by atoms with Crippen LogP contribution in [-0.4, -0.2) is 23.7 Å². The zero-order chi connectivity index (χ0) is 20.8. The van der Waals surface area contributed by atoms with Crippen molar-refractivity contribution in [2.75, 3.05) is 18.0 Å². The number of benzene rings is 1. The number of anilines is 1. The zero-order valence-electron chi connectivity index (χ0n) is 19.0. The molecule has 2 aliphatic carbocycles. The third kappa shape index (κ3) is 3.48. The lowest BCUT2D eigenvalue weighted by molar-refractivity contribution is 0.426. The van der Waals surface area contributed by atoms with Crippen LogP contribution in [0.4, 0.5) is 5.69 Å². The average Bonchev–Trinajstić information content (AvgIpc) is 3.36. The van der Waals surface area contributed by atoms with Gasteiger partial charge in [0.25, 0.3) is 5.68 Å². The SMILES string of the molecule is CCn1c(=C2CCC2)/c(=C\c2cc3c4c(c2)CCCN4CCC3)o/c1=N/C1CCCC1. The van der Waals surface area contributed by atoms with Gasteiger partial charge in [-0.2, -0.15) is 0 Å². The number of hydrogen-bond donors (Lipinski definition) is 0. The van der Waals surface area contributed by atoms with E-state index in [1.54, 1.807) is 22.4 Å². The highest BCUT2D eigenvalue weighted by molar-refractivity contribution is 5.67. The van der Waals surface area contributed by atoms with Gasteiger partial charge in [-0.15, -0.1) is 0 Å². The van der Waals surface area contributed by atoms with Crippen molar-refractivity contribution in [3.05, 3.63) is 45.3 Å². The van der Waals surface area contributed by atoms with Crippen LogP contribution in [0.25, 0.3) is 11.6 Å². The van der Waals surface area contributed by atoms with Gasteiger partial charge in [-0.25, -0.2) is 4.99 Å². The van der Waals surface area contributed by atoms with Gasteiger partial charge >= 0.3 is 0 Å². The summed E-state index contributed by atoms with van der Waals surface area (Å²) in [6.07, 6.45) is 16.0. The molecule has 2 aliphatic heterocycles. The molecule has 164 valence electrons. The Bertz CT molecular complexity index is 1140. The van der Waals surface area contributed by atoms with Crippen LogP contribution < -0.4 is 21.3 Å². The van der Waals surface area contributed by atoms with E-state index < -0.39 is 0 Å². The maximum atomic E-state index is 6.52. The Hall–Kier alpha value is -2.23. The van der Waals surface area contributed by atoms with Crippen molar-refractivity contribution >= 4 is 17.3 Å². The first-order valence-electron chi connectivity index (χ1n) is 12.7. The van der Waals surface area contributed by atoms with E-state index in [-0.39, 0.29) is 0 Å². The summed E-state index contributed by atoms with van der Waals surface area (Å²) in [5.74, 6) is 0. The molecule has 31 heavy (non-hydrogen) atoms. The summed E-state index contributed by atoms with van der Waals surface area (Å²) in [6.45, 7) is 5.61. The topological polar surface area (TPSA) is 33.7 Å². The van der Waals surface area contributed by atoms with Crippen LogP contribution in [0.3, 0.4) is 0 Å². The van der Waals surface area contributed by atoms with Crippen molar-refractivity contribution in [1.82, 2.24) is 4.57 Å². The summed E-state index contributed by atoms with van der Waals surface area (Å²) >= 11 is 0. The standard InChI is InChI=1S/C27H35N3O/c1-2-30-26(20-8-5-9-20)24(31-27(30)28-23-12-3-4-13-23)18-19-16-21-10-6-14-29-15-7-11-22(17-19)25(21)29/h16-18,23H,2-15H2,1H3/b24-18+,28-27+. The van der Waals surface area contributed by atoms with Crippen molar-refractivity contribution in [1.29, 1.82) is 0 Å². The van der Waals surface area contributed by atoms with Gasteiger partial charge in [0.05, 0.1) is 11.4 Å². The molecule has 4 aliphatic rings. The molecular formula is C27H35N3O. The number of nitrogens with zero attached hydrogens (tertiary/aromatic N) is 3. The fourth-order valence-electron chi connectivity index (χ4n) is 6.13. The van der Waals surface area contributed by atoms with Crippen molar-refractivity contribution in [3.63, 3.8) is 0 Å². The number of aromatic nitrogens is 1. The zero-order valence-corrected chi connectivity index (χ0v) is 19.0. The van der Waals surface area contributed by atoms with Crippen molar-refractivity contribution in [2.24, 2.45) is 4.99 Å². The Labute approximate surface area is 185 Å². The highest BCUT2D eigenvalue weighted by atomic mass is 16.3. The number of rotatable bonds is 3. The number of hydrogen-bond acceptors (Lipinski definition) is 3. The maximum absolute atomic E-state index is 6.52. The van der Waals surface area contributed by atoms with Gasteiger partial charge in [-0.05, 0) is 105 Å². The molecule has 0 unspecified atom stereocenters. The molecule has 2 aromatic rings. The van der Waals surface area contributed by atoms with Gasteiger partial charge < -0.3 is 9.32 Å². The third-order valence-corrected chi connectivity index (χ3v) is 7.81. The minimum absolute atomic E-state index is 0.440. The van der Waals surface area contributed by atoms with E-state index in [4.69, 9.17) is 9.41 Å². The molecule has 0 spiro atoms. The Morgan fingerprint density at radius 3 is 2.29 bits per heavy atom. The third-order valence-electron chi connectivity index (χ3n) is 7.81. The molecule has 4 nitrogen and oxygen atoms in total. The molecule has 4 heteroatoms. The lowest BCUT2D eigenvalue weighted by Gasteiger charge is -2.37. The predicted octanol–water partition coefficient (Wildman–Crippen LogP) is 3.81. The van der Waals surface area contributed by atoms with Gasteiger partial charge in [0.15, 0.2) is 5.42 Å². The summed E-state index contributed by atoms with van der Waals surface area (Å²) in [4.78, 5) is 7.69. The average molecular weight is 418 g/mol. The van der Waals surface area contributed by atoms with Gasteiger partial charge in [-0.3, -0.25) is 4.57 Å². The van der Waals surface area contributed by atoms with Gasteiger partial charge in [0.2, 0.25) is 0 Å². The van der Waals surface area contributed by atoms with Crippen LogP contribution in [0.2, 0.25) is 0 Å². The molecule has 0 bridgehead atoms. The van der Waals surface area contributed by atoms with Crippen LogP contribution in [-0.2, 0) is 19.4 Å². The van der Waals surface area contributed by atoms with Crippen molar-refractivity contribution < 1.29 is 4.42 Å². The van der Waals surface area contributed by atoms with Gasteiger partial charge in [-0.1, -0.05) is 12.8 Å². The van der Waals surface area contributed by atoms with E-state index >= 15 is 0 Å². The summed E-state index contributed by atoms with van der Waals surface area (Å²) < 4.78 is 8.87. The van der Waals surface area contributed by atoms with E-state index in [0.29, 0.717) is 6.04 Å². The molecule has 0 saturated heterocycles. The Balaban J connectivity index is 1.53. The van der Waals surface area contributed by atoms with Crippen LogP contribution in [0, 0.1) is 0 Å². The summed E-state index contributed by atoms with van der Waals surface area (Å²) in [6, 6.07) is 5.30. The lowest BCUT2D eigenvalue weighted by atomic mass is 9.89. The van der Waals surface area contributed by atoms with E-state index in [2.05, 4.69) is 34.6 Å². The van der Waals surface area contributed by atoms with Crippen LogP contribution in [0.15, 0.2) is 21.5 Å². The smallest absolute Gasteiger partial charge is 0.297 e. The molecule has 2 saturated carbocycles. The van der Waals surface area contributed by atoms with Crippen LogP contribution in [0.1, 0.15) is 81.4 Å². The molecule has 6 rings (SSSR count). The Kier molecular flexibility index (Phi) is 5.04. The quantitative estimate of drug-likeness (QED) is 0.761. The molecule has 1 aromatic carbocycles. The molecule has 0 atom stereocenters. The first-order valence-corrected chi connectivity index (χ1v) is 12.7. The minimum atomic E-state index is 0.440. The summed E-state index contributed by atoms with van der Waals surface area (Å²) in [7, 11) is 0. The van der Waals surface area contributed by atoms with E-state index in [1.165, 1.54) is 94.6 Å². The number of oxazole rings is 1. The van der Waals surface area contributed by atoms with Crippen molar-refractivity contribution in [3.8, 4) is 0 Å². The lowest BCUT2D eigenvalue weighted by Crippen LogP contribution is -2.36. The molecule has 0 amide bonds. The highest BCUT2D eigenvalue weighted by Crippen LogP contribution is 2.36. The Morgan fingerprint density at radius 2 is 1.68 bits per heavy atom. The largest absolute Gasteiger partial charge is 0.423 e. The molecule has 0 N–H and O–H groups in total. The van der Waals surface area contributed by atoms with E-state index in [0.717, 1.165) is 17.6 Å². The first kappa shape index (κ1) is 19.5. The van der Waals surface area contributed by atoms with Crippen molar-refractivity contribution in [2.45, 2.75) is 90.1 Å². The second kappa shape index (κ2) is 8.03. The monoisotopic (exact) mass is 417 g/mol. The van der Waals surface area contributed by atoms with Gasteiger partial charge in [0.1, 0.15) is 0 Å². The highest BCUT2D eigenvalue weighted by Gasteiger charge is 2.24. The molecule has 0 radical (unpaired) electrons. The first-order chi connectivity index (χ1) is 15.3. The Morgan fingerprint density at radius 1 is 0.968 bits per heavy atom.